The fourth-order valence-corrected chi connectivity index (χ4v) is 4.40. The largest absolute Gasteiger partial charge is 0.503 e. The Morgan fingerprint density at radius 2 is 1.76 bits per heavy atom. The Balaban J connectivity index is 1.69. The molecule has 0 aromatic heterocycles. The fraction of sp³-hybridized carbons (Fsp3) is 0.172. The minimum Gasteiger partial charge on any atom is -0.503 e. The van der Waals surface area contributed by atoms with Gasteiger partial charge in [-0.2, -0.15) is 0 Å². The van der Waals surface area contributed by atoms with E-state index in [0.717, 1.165) is 11.1 Å². The smallest absolute Gasteiger partial charge is 0.290 e. The number of ether oxygens (including phenoxy) is 2. The molecule has 0 spiro atoms. The van der Waals surface area contributed by atoms with Crippen molar-refractivity contribution in [1.82, 2.24) is 4.90 Å². The number of nitro benzene ring substituents is 1. The molecule has 0 bridgehead atoms. The quantitative estimate of drug-likeness (QED) is 0.234. The number of rotatable bonds is 10. The van der Waals surface area contributed by atoms with Crippen molar-refractivity contribution < 1.29 is 29.1 Å². The van der Waals surface area contributed by atoms with Crippen LogP contribution in [0.4, 0.5) is 5.69 Å². The summed E-state index contributed by atoms with van der Waals surface area (Å²) in [6.45, 7) is 0.130. The number of hydrogen-bond donors (Lipinski definition) is 1. The van der Waals surface area contributed by atoms with Crippen molar-refractivity contribution in [3.63, 3.8) is 0 Å². The molecule has 0 saturated heterocycles. The number of hydrogen-bond acceptors (Lipinski definition) is 7. The van der Waals surface area contributed by atoms with E-state index in [4.69, 9.17) is 9.47 Å². The number of aliphatic hydroxyl groups is 1. The Morgan fingerprint density at radius 1 is 1.03 bits per heavy atom. The molecule has 0 radical (unpaired) electrons. The van der Waals surface area contributed by atoms with Crippen LogP contribution in [0.25, 0.3) is 6.08 Å². The average Bonchev–Trinajstić information content (AvgIpc) is 3.20. The first kappa shape index (κ1) is 26.2. The van der Waals surface area contributed by atoms with Gasteiger partial charge in [-0.05, 0) is 41.3 Å². The molecule has 0 fully saturated rings. The molecule has 1 amide bonds. The molecular weight excluding hydrogens is 488 g/mol. The van der Waals surface area contributed by atoms with Crippen LogP contribution in [0.2, 0.25) is 0 Å². The van der Waals surface area contributed by atoms with Gasteiger partial charge in [0.1, 0.15) is 0 Å². The molecule has 1 N–H and O–H groups in total. The fourth-order valence-electron chi connectivity index (χ4n) is 4.40. The summed E-state index contributed by atoms with van der Waals surface area (Å²) in [5.41, 5.74) is 1.63. The SMILES string of the molecule is COc1ccc(CCN2C(=O)C(O)=C(C(=O)/C=C/c3ccccc3)C2c2cccc([N+](=O)[O-])c2)cc1OC. The summed E-state index contributed by atoms with van der Waals surface area (Å²) < 4.78 is 10.6. The number of carbonyl (C=O) groups is 2. The second-order valence-corrected chi connectivity index (χ2v) is 8.56. The van der Waals surface area contributed by atoms with Crippen molar-refractivity contribution in [1.29, 1.82) is 0 Å². The number of allylic oxidation sites excluding steroid dienone is 1. The zero-order valence-electron chi connectivity index (χ0n) is 20.9. The summed E-state index contributed by atoms with van der Waals surface area (Å²) in [6.07, 6.45) is 3.24. The molecule has 38 heavy (non-hydrogen) atoms. The number of aliphatic hydroxyl groups excluding tert-OH is 1. The van der Waals surface area contributed by atoms with Gasteiger partial charge in [0.15, 0.2) is 23.0 Å². The highest BCUT2D eigenvalue weighted by Crippen LogP contribution is 2.39. The number of nitro groups is 1. The van der Waals surface area contributed by atoms with Gasteiger partial charge in [0.2, 0.25) is 0 Å². The van der Waals surface area contributed by atoms with Crippen molar-refractivity contribution >= 4 is 23.5 Å². The normalized spacial score (nSPS) is 15.3. The molecule has 3 aromatic rings. The Kier molecular flexibility index (Phi) is 7.86. The monoisotopic (exact) mass is 514 g/mol. The molecule has 1 heterocycles. The molecule has 9 heteroatoms. The molecule has 0 aliphatic carbocycles. The number of non-ortho nitro benzene ring substituents is 1. The molecule has 4 rings (SSSR count). The number of benzene rings is 3. The lowest BCUT2D eigenvalue weighted by atomic mass is 9.95. The van der Waals surface area contributed by atoms with Gasteiger partial charge < -0.3 is 19.5 Å². The Labute approximate surface area is 219 Å². The maximum absolute atomic E-state index is 13.3. The number of carbonyl (C=O) groups excluding carboxylic acids is 2. The molecule has 1 unspecified atom stereocenters. The molecule has 9 nitrogen and oxygen atoms in total. The topological polar surface area (TPSA) is 119 Å². The third-order valence-electron chi connectivity index (χ3n) is 6.28. The molecule has 3 aromatic carbocycles. The van der Waals surface area contributed by atoms with Crippen LogP contribution in [0.3, 0.4) is 0 Å². The van der Waals surface area contributed by atoms with E-state index in [9.17, 15) is 24.8 Å². The highest BCUT2D eigenvalue weighted by atomic mass is 16.6. The van der Waals surface area contributed by atoms with Crippen LogP contribution in [-0.4, -0.2) is 47.4 Å². The molecule has 0 saturated carbocycles. The van der Waals surface area contributed by atoms with Gasteiger partial charge in [0.05, 0.1) is 30.8 Å². The highest BCUT2D eigenvalue weighted by Gasteiger charge is 2.43. The summed E-state index contributed by atoms with van der Waals surface area (Å²) in [7, 11) is 3.05. The molecule has 1 aliphatic heterocycles. The summed E-state index contributed by atoms with van der Waals surface area (Å²) in [5, 5.41) is 22.3. The van der Waals surface area contributed by atoms with Crippen LogP contribution in [0.1, 0.15) is 22.7 Å². The van der Waals surface area contributed by atoms with Crippen LogP contribution in [0.15, 0.2) is 90.2 Å². The lowest BCUT2D eigenvalue weighted by molar-refractivity contribution is -0.384. The predicted molar refractivity (Wildman–Crippen MR) is 141 cm³/mol. The Hall–Kier alpha value is -4.92. The molecule has 194 valence electrons. The number of methoxy groups -OCH3 is 2. The van der Waals surface area contributed by atoms with Gasteiger partial charge in [0, 0.05) is 18.7 Å². The van der Waals surface area contributed by atoms with E-state index < -0.39 is 28.4 Å². The van der Waals surface area contributed by atoms with E-state index in [-0.39, 0.29) is 17.8 Å². The zero-order valence-corrected chi connectivity index (χ0v) is 20.9. The Morgan fingerprint density at radius 3 is 2.45 bits per heavy atom. The van der Waals surface area contributed by atoms with Gasteiger partial charge >= 0.3 is 0 Å². The van der Waals surface area contributed by atoms with Gasteiger partial charge in [-0.25, -0.2) is 0 Å². The third kappa shape index (κ3) is 5.41. The maximum Gasteiger partial charge on any atom is 0.290 e. The maximum atomic E-state index is 13.3. The van der Waals surface area contributed by atoms with Crippen LogP contribution in [0.5, 0.6) is 11.5 Å². The average molecular weight is 515 g/mol. The molecule has 1 aliphatic rings. The molecule has 1 atom stereocenters. The van der Waals surface area contributed by atoms with E-state index in [1.54, 1.807) is 24.3 Å². The standard InChI is InChI=1S/C29H26N2O7/c1-37-24-14-12-20(17-25(24)38-2)15-16-30-27(21-9-6-10-22(18-21)31(35)36)26(28(33)29(30)34)23(32)13-11-19-7-4-3-5-8-19/h3-14,17-18,27,33H,15-16H2,1-2H3/b13-11+. The minimum atomic E-state index is -1.00. The van der Waals surface area contributed by atoms with E-state index in [2.05, 4.69) is 0 Å². The summed E-state index contributed by atoms with van der Waals surface area (Å²) in [5.74, 6) is -0.879. The summed E-state index contributed by atoms with van der Waals surface area (Å²) in [4.78, 5) is 38.8. The van der Waals surface area contributed by atoms with Crippen molar-refractivity contribution in [2.45, 2.75) is 12.5 Å². The van der Waals surface area contributed by atoms with Crippen molar-refractivity contribution in [3.8, 4) is 11.5 Å². The number of nitrogens with zero attached hydrogens (tertiary/aromatic N) is 2. The van der Waals surface area contributed by atoms with Crippen molar-refractivity contribution in [2.75, 3.05) is 20.8 Å². The van der Waals surface area contributed by atoms with Crippen LogP contribution in [-0.2, 0) is 16.0 Å². The van der Waals surface area contributed by atoms with Gasteiger partial charge in [-0.15, -0.1) is 0 Å². The number of amides is 1. The van der Waals surface area contributed by atoms with Gasteiger partial charge in [0.25, 0.3) is 11.6 Å². The first-order valence-electron chi connectivity index (χ1n) is 11.8. The van der Waals surface area contributed by atoms with Crippen molar-refractivity contribution in [3.05, 3.63) is 117 Å². The van der Waals surface area contributed by atoms with Crippen LogP contribution >= 0.6 is 0 Å². The predicted octanol–water partition coefficient (Wildman–Crippen LogP) is 4.83. The van der Waals surface area contributed by atoms with Gasteiger partial charge in [-0.1, -0.05) is 54.6 Å². The van der Waals surface area contributed by atoms with E-state index in [0.29, 0.717) is 23.5 Å². The lowest BCUT2D eigenvalue weighted by Gasteiger charge is -2.26. The first-order valence-corrected chi connectivity index (χ1v) is 11.8. The summed E-state index contributed by atoms with van der Waals surface area (Å²) in [6, 6.07) is 19.2. The zero-order chi connectivity index (χ0) is 27.2. The third-order valence-corrected chi connectivity index (χ3v) is 6.28. The van der Waals surface area contributed by atoms with Crippen LogP contribution in [0, 0.1) is 10.1 Å². The molecular formula is C29H26N2O7. The first-order chi connectivity index (χ1) is 18.3. The lowest BCUT2D eigenvalue weighted by Crippen LogP contribution is -2.33. The second-order valence-electron chi connectivity index (χ2n) is 8.56. The highest BCUT2D eigenvalue weighted by molar-refractivity contribution is 6.14. The number of ketones is 1. The minimum absolute atomic E-state index is 0.130. The van der Waals surface area contributed by atoms with E-state index >= 15 is 0 Å². The van der Waals surface area contributed by atoms with E-state index in [1.165, 1.54) is 43.4 Å². The second kappa shape index (κ2) is 11.4. The van der Waals surface area contributed by atoms with Gasteiger partial charge in [-0.3, -0.25) is 19.7 Å². The van der Waals surface area contributed by atoms with Crippen molar-refractivity contribution in [2.24, 2.45) is 0 Å². The Bertz CT molecular complexity index is 1430. The van der Waals surface area contributed by atoms with Crippen LogP contribution < -0.4 is 9.47 Å². The van der Waals surface area contributed by atoms with E-state index in [1.807, 2.05) is 36.4 Å². The summed E-state index contributed by atoms with van der Waals surface area (Å²) >= 11 is 0.